The summed E-state index contributed by atoms with van der Waals surface area (Å²) in [7, 11) is 0. The second-order valence-electron chi connectivity index (χ2n) is 7.97. The summed E-state index contributed by atoms with van der Waals surface area (Å²) in [5, 5.41) is 10.0. The first-order chi connectivity index (χ1) is 17.0. The molecule has 2 aromatic carbocycles. The lowest BCUT2D eigenvalue weighted by Crippen LogP contribution is -2.42. The van der Waals surface area contributed by atoms with Crippen LogP contribution in [0.1, 0.15) is 25.0 Å². The number of nitriles is 1. The van der Waals surface area contributed by atoms with Gasteiger partial charge in [-0.2, -0.15) is 5.26 Å². The molecule has 1 aliphatic rings. The van der Waals surface area contributed by atoms with E-state index < -0.39 is 5.91 Å². The first-order valence-corrected chi connectivity index (χ1v) is 12.4. The fourth-order valence-electron chi connectivity index (χ4n) is 3.86. The monoisotopic (exact) mass is 489 g/mol. The molecule has 1 saturated heterocycles. The van der Waals surface area contributed by atoms with E-state index in [0.29, 0.717) is 53.5 Å². The quantitative estimate of drug-likeness (QED) is 0.530. The molecule has 8 heteroatoms. The molecule has 1 amide bonds. The zero-order valence-corrected chi connectivity index (χ0v) is 20.6. The van der Waals surface area contributed by atoms with E-state index in [2.05, 4.69) is 13.0 Å². The second kappa shape index (κ2) is 11.2. The van der Waals surface area contributed by atoms with Gasteiger partial charge in [0.15, 0.2) is 5.57 Å². The molecule has 1 aromatic heterocycles. The van der Waals surface area contributed by atoms with Gasteiger partial charge in [-0.3, -0.25) is 14.2 Å². The minimum atomic E-state index is -0.393. The van der Waals surface area contributed by atoms with Crippen molar-refractivity contribution in [3.8, 4) is 17.5 Å². The van der Waals surface area contributed by atoms with Crippen LogP contribution in [0.3, 0.4) is 0 Å². The summed E-state index contributed by atoms with van der Waals surface area (Å²) >= 11 is 1.15. The average molecular weight is 490 g/mol. The summed E-state index contributed by atoms with van der Waals surface area (Å²) in [4.78, 5) is 28.5. The third-order valence-corrected chi connectivity index (χ3v) is 6.85. The van der Waals surface area contributed by atoms with Gasteiger partial charge in [0.2, 0.25) is 0 Å². The number of morpholine rings is 1. The van der Waals surface area contributed by atoms with Crippen LogP contribution in [0.15, 0.2) is 53.3 Å². The van der Waals surface area contributed by atoms with Gasteiger partial charge in [0.05, 0.1) is 30.0 Å². The lowest BCUT2D eigenvalue weighted by molar-refractivity contribution is -0.128. The molecule has 2 heterocycles. The van der Waals surface area contributed by atoms with Gasteiger partial charge in [-0.1, -0.05) is 31.2 Å². The van der Waals surface area contributed by atoms with Crippen LogP contribution in [0.5, 0.6) is 5.75 Å². The van der Waals surface area contributed by atoms with Crippen LogP contribution in [0.4, 0.5) is 0 Å². The molecule has 1 aliphatic heterocycles. The normalized spacial score (nSPS) is 15.0. The summed E-state index contributed by atoms with van der Waals surface area (Å²) in [6.45, 7) is 6.18. The van der Waals surface area contributed by atoms with Crippen molar-refractivity contribution in [1.82, 2.24) is 9.47 Å². The number of rotatable bonds is 6. The van der Waals surface area contributed by atoms with Gasteiger partial charge in [0, 0.05) is 13.1 Å². The van der Waals surface area contributed by atoms with Gasteiger partial charge >= 0.3 is 0 Å². The number of carbonyl (C=O) groups is 1. The van der Waals surface area contributed by atoms with E-state index >= 15 is 0 Å². The Bertz CT molecular complexity index is 1410. The smallest absolute Gasteiger partial charge is 0.273 e. The number of amides is 1. The van der Waals surface area contributed by atoms with Gasteiger partial charge in [0.1, 0.15) is 16.5 Å². The summed E-state index contributed by atoms with van der Waals surface area (Å²) in [5.74, 6) is 0.286. The largest absolute Gasteiger partial charge is 0.494 e. The topological polar surface area (TPSA) is 84.6 Å². The molecule has 0 bridgehead atoms. The maximum Gasteiger partial charge on any atom is 0.273 e. The molecular formula is C27H27N3O4S. The molecule has 0 atom stereocenters. The number of ether oxygens (including phenoxy) is 2. The maximum absolute atomic E-state index is 13.6. The predicted molar refractivity (Wildman–Crippen MR) is 136 cm³/mol. The Morgan fingerprint density at radius 1 is 1.11 bits per heavy atom. The van der Waals surface area contributed by atoms with E-state index in [1.165, 1.54) is 10.1 Å². The minimum Gasteiger partial charge on any atom is -0.494 e. The van der Waals surface area contributed by atoms with Crippen molar-refractivity contribution >= 4 is 28.9 Å². The predicted octanol–water partition coefficient (Wildman–Crippen LogP) is 2.22. The molecular weight excluding hydrogens is 462 g/mol. The molecule has 0 N–H and O–H groups in total. The number of benzene rings is 2. The van der Waals surface area contributed by atoms with Crippen molar-refractivity contribution in [2.45, 2.75) is 20.3 Å². The van der Waals surface area contributed by atoms with Gasteiger partial charge < -0.3 is 14.4 Å². The number of aromatic nitrogens is 1. The van der Waals surface area contributed by atoms with Crippen LogP contribution in [-0.2, 0) is 16.0 Å². The van der Waals surface area contributed by atoms with Crippen LogP contribution >= 0.6 is 11.3 Å². The highest BCUT2D eigenvalue weighted by Crippen LogP contribution is 2.14. The minimum absolute atomic E-state index is 0.0520. The Hall–Kier alpha value is -3.67. The molecule has 180 valence electrons. The highest BCUT2D eigenvalue weighted by atomic mass is 32.1. The van der Waals surface area contributed by atoms with Gasteiger partial charge in [0.25, 0.3) is 11.5 Å². The number of hydrogen-bond acceptors (Lipinski definition) is 6. The first kappa shape index (κ1) is 24.5. The standard InChI is InChI=1S/C27H27N3O4S/c1-3-19-5-7-20(8-6-19)17-24-26(32)30(21-9-11-22(12-10-21)34-4-2)27(35-24)23(18-28)25(31)29-13-15-33-16-14-29/h5-12,17H,3-4,13-16H2,1-2H3/b24-17+,27-23-. The number of carbonyl (C=O) groups excluding carboxylic acids is 1. The summed E-state index contributed by atoms with van der Waals surface area (Å²) < 4.78 is 13.1. The van der Waals surface area contributed by atoms with Crippen LogP contribution in [-0.4, -0.2) is 48.3 Å². The number of hydrogen-bond donors (Lipinski definition) is 0. The molecule has 0 spiro atoms. The van der Waals surface area contributed by atoms with E-state index in [1.807, 2.05) is 31.2 Å². The molecule has 0 saturated carbocycles. The van der Waals surface area contributed by atoms with Crippen LogP contribution in [0.2, 0.25) is 0 Å². The van der Waals surface area contributed by atoms with Crippen molar-refractivity contribution in [3.05, 3.63) is 79.2 Å². The lowest BCUT2D eigenvalue weighted by atomic mass is 10.1. The zero-order chi connectivity index (χ0) is 24.8. The van der Waals surface area contributed by atoms with Gasteiger partial charge in [-0.15, -0.1) is 11.3 Å². The van der Waals surface area contributed by atoms with Crippen molar-refractivity contribution in [1.29, 1.82) is 5.26 Å². The number of aryl methyl sites for hydroxylation is 1. The van der Waals surface area contributed by atoms with Crippen LogP contribution < -0.4 is 19.5 Å². The van der Waals surface area contributed by atoms with E-state index in [4.69, 9.17) is 9.47 Å². The van der Waals surface area contributed by atoms with Crippen molar-refractivity contribution in [3.63, 3.8) is 0 Å². The van der Waals surface area contributed by atoms with Crippen LogP contribution in [0, 0.1) is 11.3 Å². The molecule has 1 fully saturated rings. The second-order valence-corrected chi connectivity index (χ2v) is 9.00. The van der Waals surface area contributed by atoms with Crippen molar-refractivity contribution in [2.75, 3.05) is 32.9 Å². The summed E-state index contributed by atoms with van der Waals surface area (Å²) in [5.41, 5.74) is 2.31. The number of nitrogens with zero attached hydrogens (tertiary/aromatic N) is 3. The van der Waals surface area contributed by atoms with Gasteiger partial charge in [-0.05, 0) is 54.8 Å². The molecule has 35 heavy (non-hydrogen) atoms. The highest BCUT2D eigenvalue weighted by Gasteiger charge is 2.24. The number of thiazole rings is 1. The van der Waals surface area contributed by atoms with E-state index in [0.717, 1.165) is 23.3 Å². The third kappa shape index (κ3) is 5.37. The third-order valence-electron chi connectivity index (χ3n) is 5.75. The molecule has 0 aliphatic carbocycles. The SMILES string of the molecule is CCOc1ccc(-n2c(=O)/c(=C\c3ccc(CC)cc3)s/c2=C(/C#N)C(=O)N2CCOCC2)cc1. The Kier molecular flexibility index (Phi) is 7.80. The zero-order valence-electron chi connectivity index (χ0n) is 19.8. The fourth-order valence-corrected chi connectivity index (χ4v) is 4.95. The Balaban J connectivity index is 1.92. The molecule has 7 nitrogen and oxygen atoms in total. The van der Waals surface area contributed by atoms with E-state index in [9.17, 15) is 14.9 Å². The molecule has 3 aromatic rings. The summed E-state index contributed by atoms with van der Waals surface area (Å²) in [6.07, 6.45) is 2.73. The van der Waals surface area contributed by atoms with E-state index in [-0.39, 0.29) is 11.1 Å². The first-order valence-electron chi connectivity index (χ1n) is 11.6. The Labute approximate surface area is 207 Å². The maximum atomic E-state index is 13.6. The highest BCUT2D eigenvalue weighted by molar-refractivity contribution is 7.07. The Morgan fingerprint density at radius 3 is 2.40 bits per heavy atom. The lowest BCUT2D eigenvalue weighted by Gasteiger charge is -2.26. The van der Waals surface area contributed by atoms with Crippen LogP contribution in [0.25, 0.3) is 17.3 Å². The van der Waals surface area contributed by atoms with Gasteiger partial charge in [-0.25, -0.2) is 0 Å². The average Bonchev–Trinajstić information content (AvgIpc) is 3.21. The Morgan fingerprint density at radius 2 is 1.80 bits per heavy atom. The fraction of sp³-hybridized carbons (Fsp3) is 0.296. The molecule has 0 unspecified atom stereocenters. The van der Waals surface area contributed by atoms with E-state index in [1.54, 1.807) is 35.2 Å². The summed E-state index contributed by atoms with van der Waals surface area (Å²) in [6, 6.07) is 17.1. The molecule has 0 radical (unpaired) electrons. The molecule has 4 rings (SSSR count). The van der Waals surface area contributed by atoms with Crippen molar-refractivity contribution < 1.29 is 14.3 Å². The van der Waals surface area contributed by atoms with Crippen molar-refractivity contribution in [2.24, 2.45) is 0 Å².